The average Bonchev–Trinajstić information content (AvgIpc) is 2.90. The first kappa shape index (κ1) is 12.2. The molecule has 0 saturated carbocycles. The predicted octanol–water partition coefficient (Wildman–Crippen LogP) is 1.58. The largest absolute Gasteiger partial charge is 0.465 e. The van der Waals surface area contributed by atoms with Gasteiger partial charge in [0.25, 0.3) is 5.91 Å². The monoisotopic (exact) mass is 263 g/mol. The number of carbonyl (C=O) groups is 2. The van der Waals surface area contributed by atoms with Crippen molar-refractivity contribution in [3.63, 3.8) is 0 Å². The summed E-state index contributed by atoms with van der Waals surface area (Å²) in [6.07, 6.45) is 0. The Labute approximate surface area is 107 Å². The van der Waals surface area contributed by atoms with E-state index in [2.05, 4.69) is 20.3 Å². The van der Waals surface area contributed by atoms with Crippen LogP contribution in [-0.2, 0) is 4.74 Å². The van der Waals surface area contributed by atoms with Gasteiger partial charge in [0.15, 0.2) is 0 Å². The summed E-state index contributed by atoms with van der Waals surface area (Å²) in [5, 5.41) is 10.2. The topological polar surface area (TPSA) is 81.2 Å². The van der Waals surface area contributed by atoms with Gasteiger partial charge in [0.2, 0.25) is 5.13 Å². The maximum Gasteiger partial charge on any atom is 0.338 e. The standard InChI is InChI=1S/C11H9N3O3S/c1-17-10(16)8-5-3-2-4-7(8)9(15)13-11-14-12-6-18-11/h2-6H,1H3,(H,13,14,15). The number of carbonyl (C=O) groups excluding carboxylic acids is 2. The van der Waals surface area contributed by atoms with Gasteiger partial charge in [-0.2, -0.15) is 0 Å². The maximum absolute atomic E-state index is 12.0. The van der Waals surface area contributed by atoms with Gasteiger partial charge in [0.1, 0.15) is 5.51 Å². The van der Waals surface area contributed by atoms with Gasteiger partial charge in [-0.3, -0.25) is 10.1 Å². The van der Waals surface area contributed by atoms with E-state index in [0.29, 0.717) is 5.13 Å². The van der Waals surface area contributed by atoms with Crippen molar-refractivity contribution in [2.75, 3.05) is 12.4 Å². The van der Waals surface area contributed by atoms with E-state index < -0.39 is 11.9 Å². The number of aromatic nitrogens is 2. The molecule has 2 rings (SSSR count). The van der Waals surface area contributed by atoms with Gasteiger partial charge >= 0.3 is 5.97 Å². The Hall–Kier alpha value is -2.28. The predicted molar refractivity (Wildman–Crippen MR) is 65.6 cm³/mol. The number of nitrogens with zero attached hydrogens (tertiary/aromatic N) is 2. The van der Waals surface area contributed by atoms with Gasteiger partial charge in [-0.05, 0) is 12.1 Å². The molecule has 1 N–H and O–H groups in total. The molecule has 1 heterocycles. The van der Waals surface area contributed by atoms with E-state index in [9.17, 15) is 9.59 Å². The summed E-state index contributed by atoms with van der Waals surface area (Å²) in [6.45, 7) is 0. The van der Waals surface area contributed by atoms with Gasteiger partial charge in [-0.15, -0.1) is 10.2 Å². The fourth-order valence-electron chi connectivity index (χ4n) is 1.36. The van der Waals surface area contributed by atoms with Crippen molar-refractivity contribution < 1.29 is 14.3 Å². The van der Waals surface area contributed by atoms with Crippen LogP contribution >= 0.6 is 11.3 Å². The van der Waals surface area contributed by atoms with Crippen LogP contribution in [-0.4, -0.2) is 29.2 Å². The van der Waals surface area contributed by atoms with Gasteiger partial charge < -0.3 is 4.74 Å². The number of benzene rings is 1. The Balaban J connectivity index is 2.27. The van der Waals surface area contributed by atoms with Gasteiger partial charge in [0, 0.05) is 0 Å². The minimum absolute atomic E-state index is 0.210. The summed E-state index contributed by atoms with van der Waals surface area (Å²) >= 11 is 1.20. The van der Waals surface area contributed by atoms with Crippen molar-refractivity contribution in [2.24, 2.45) is 0 Å². The summed E-state index contributed by atoms with van der Waals surface area (Å²) in [5.41, 5.74) is 1.95. The third-order valence-corrected chi connectivity index (χ3v) is 2.76. The average molecular weight is 263 g/mol. The van der Waals surface area contributed by atoms with Crippen molar-refractivity contribution >= 4 is 28.3 Å². The molecule has 7 heteroatoms. The molecule has 0 aliphatic carbocycles. The van der Waals surface area contributed by atoms with E-state index in [4.69, 9.17) is 0 Å². The first-order valence-electron chi connectivity index (χ1n) is 4.97. The fraction of sp³-hybridized carbons (Fsp3) is 0.0909. The highest BCUT2D eigenvalue weighted by molar-refractivity contribution is 7.13. The lowest BCUT2D eigenvalue weighted by molar-refractivity contribution is 0.0597. The van der Waals surface area contributed by atoms with Crippen LogP contribution in [0.1, 0.15) is 20.7 Å². The molecule has 6 nitrogen and oxygen atoms in total. The highest BCUT2D eigenvalue weighted by atomic mass is 32.1. The van der Waals surface area contributed by atoms with E-state index in [0.717, 1.165) is 0 Å². The molecule has 0 aliphatic rings. The van der Waals surface area contributed by atoms with Crippen LogP contribution in [0.2, 0.25) is 0 Å². The maximum atomic E-state index is 12.0. The van der Waals surface area contributed by atoms with E-state index in [1.807, 2.05) is 0 Å². The van der Waals surface area contributed by atoms with Crippen LogP contribution in [0.3, 0.4) is 0 Å². The van der Waals surface area contributed by atoms with Gasteiger partial charge in [-0.25, -0.2) is 4.79 Å². The number of rotatable bonds is 3. The van der Waals surface area contributed by atoms with E-state index in [1.165, 1.54) is 30.0 Å². The lowest BCUT2D eigenvalue weighted by atomic mass is 10.1. The summed E-state index contributed by atoms with van der Waals surface area (Å²) in [7, 11) is 1.27. The lowest BCUT2D eigenvalue weighted by Gasteiger charge is -2.06. The van der Waals surface area contributed by atoms with Gasteiger partial charge in [-0.1, -0.05) is 23.5 Å². The van der Waals surface area contributed by atoms with Crippen molar-refractivity contribution in [3.05, 3.63) is 40.9 Å². The molecule has 2 aromatic rings. The molecule has 0 atom stereocenters. The molecule has 0 unspecified atom stereocenters. The Morgan fingerprint density at radius 1 is 1.28 bits per heavy atom. The molecule has 0 radical (unpaired) electrons. The summed E-state index contributed by atoms with van der Waals surface area (Å²) in [6, 6.07) is 6.40. The zero-order valence-corrected chi connectivity index (χ0v) is 10.2. The zero-order valence-electron chi connectivity index (χ0n) is 9.41. The quantitative estimate of drug-likeness (QED) is 0.850. The second-order valence-electron chi connectivity index (χ2n) is 3.24. The van der Waals surface area contributed by atoms with E-state index in [-0.39, 0.29) is 11.1 Å². The zero-order chi connectivity index (χ0) is 13.0. The van der Waals surface area contributed by atoms with Crippen molar-refractivity contribution in [1.82, 2.24) is 10.2 Å². The van der Waals surface area contributed by atoms with Crippen molar-refractivity contribution in [2.45, 2.75) is 0 Å². The minimum atomic E-state index is -0.557. The Kier molecular flexibility index (Phi) is 3.63. The number of methoxy groups -OCH3 is 1. The number of amides is 1. The molecule has 0 fully saturated rings. The normalized spacial score (nSPS) is 9.83. The lowest BCUT2D eigenvalue weighted by Crippen LogP contribution is -2.17. The summed E-state index contributed by atoms with van der Waals surface area (Å²) in [4.78, 5) is 23.5. The van der Waals surface area contributed by atoms with Gasteiger partial charge in [0.05, 0.1) is 18.2 Å². The molecule has 0 saturated heterocycles. The Bertz CT molecular complexity index is 569. The van der Waals surface area contributed by atoms with E-state index in [1.54, 1.807) is 18.2 Å². The molecule has 1 amide bonds. The van der Waals surface area contributed by atoms with E-state index >= 15 is 0 Å². The highest BCUT2D eigenvalue weighted by Gasteiger charge is 2.17. The third kappa shape index (κ3) is 2.51. The highest BCUT2D eigenvalue weighted by Crippen LogP contribution is 2.14. The molecule has 1 aromatic heterocycles. The fourth-order valence-corrected chi connectivity index (χ4v) is 1.80. The van der Waals surface area contributed by atoms with Crippen LogP contribution < -0.4 is 5.32 Å². The van der Waals surface area contributed by atoms with Crippen molar-refractivity contribution in [3.8, 4) is 0 Å². The molecule has 1 aromatic carbocycles. The number of hydrogen-bond donors (Lipinski definition) is 1. The van der Waals surface area contributed by atoms with Crippen LogP contribution in [0, 0.1) is 0 Å². The van der Waals surface area contributed by atoms with Crippen LogP contribution in [0.4, 0.5) is 5.13 Å². The van der Waals surface area contributed by atoms with Crippen LogP contribution in [0.25, 0.3) is 0 Å². The number of esters is 1. The van der Waals surface area contributed by atoms with Crippen LogP contribution in [0.15, 0.2) is 29.8 Å². The molecule has 18 heavy (non-hydrogen) atoms. The molecule has 92 valence electrons. The molecule has 0 bridgehead atoms. The third-order valence-electron chi connectivity index (χ3n) is 2.16. The number of hydrogen-bond acceptors (Lipinski definition) is 6. The molecule has 0 spiro atoms. The Morgan fingerprint density at radius 3 is 2.61 bits per heavy atom. The molecule has 0 aliphatic heterocycles. The summed E-state index contributed by atoms with van der Waals surface area (Å²) in [5.74, 6) is -0.981. The Morgan fingerprint density at radius 2 is 2.00 bits per heavy atom. The second kappa shape index (κ2) is 5.37. The minimum Gasteiger partial charge on any atom is -0.465 e. The SMILES string of the molecule is COC(=O)c1ccccc1C(=O)Nc1nncs1. The number of anilines is 1. The van der Waals surface area contributed by atoms with Crippen molar-refractivity contribution in [1.29, 1.82) is 0 Å². The first-order chi connectivity index (χ1) is 8.72. The first-order valence-corrected chi connectivity index (χ1v) is 5.85. The summed E-state index contributed by atoms with van der Waals surface area (Å²) < 4.78 is 4.62. The second-order valence-corrected chi connectivity index (χ2v) is 4.07. The number of nitrogens with one attached hydrogen (secondary N) is 1. The molecular weight excluding hydrogens is 254 g/mol. The van der Waals surface area contributed by atoms with Crippen LogP contribution in [0.5, 0.6) is 0 Å². The molecular formula is C11H9N3O3S. The smallest absolute Gasteiger partial charge is 0.338 e. The number of ether oxygens (including phenoxy) is 1.